The Bertz CT molecular complexity index is 687. The SMILES string of the molecule is COc1ccc2[nH]c(C)c(CCCC(=O)N3CCOCC3)c2c1. The van der Waals surface area contributed by atoms with Gasteiger partial charge in [0.1, 0.15) is 5.75 Å². The quantitative estimate of drug-likeness (QED) is 0.922. The number of methoxy groups -OCH3 is 1. The van der Waals surface area contributed by atoms with E-state index in [1.807, 2.05) is 17.0 Å². The number of benzene rings is 1. The predicted molar refractivity (Wildman–Crippen MR) is 89.9 cm³/mol. The first-order valence-corrected chi connectivity index (χ1v) is 8.20. The van der Waals surface area contributed by atoms with Crippen molar-refractivity contribution in [3.8, 4) is 5.75 Å². The molecule has 0 atom stereocenters. The van der Waals surface area contributed by atoms with Crippen molar-refractivity contribution in [3.05, 3.63) is 29.5 Å². The summed E-state index contributed by atoms with van der Waals surface area (Å²) in [5.41, 5.74) is 3.58. The molecule has 5 nitrogen and oxygen atoms in total. The summed E-state index contributed by atoms with van der Waals surface area (Å²) in [4.78, 5) is 17.5. The summed E-state index contributed by atoms with van der Waals surface area (Å²) < 4.78 is 10.6. The molecule has 0 unspecified atom stereocenters. The number of aromatic amines is 1. The molecular formula is C18H24N2O3. The van der Waals surface area contributed by atoms with Gasteiger partial charge in [-0.2, -0.15) is 0 Å². The molecule has 0 saturated carbocycles. The molecule has 1 aromatic carbocycles. The van der Waals surface area contributed by atoms with Crippen molar-refractivity contribution in [2.75, 3.05) is 33.4 Å². The average Bonchev–Trinajstić information content (AvgIpc) is 2.90. The molecule has 2 heterocycles. The van der Waals surface area contributed by atoms with Crippen LogP contribution in [0.2, 0.25) is 0 Å². The fraction of sp³-hybridized carbons (Fsp3) is 0.500. The normalized spacial score (nSPS) is 15.1. The lowest BCUT2D eigenvalue weighted by molar-refractivity contribution is -0.135. The fourth-order valence-corrected chi connectivity index (χ4v) is 3.20. The van der Waals surface area contributed by atoms with Gasteiger partial charge in [-0.25, -0.2) is 0 Å². The van der Waals surface area contributed by atoms with Crippen LogP contribution in [0.25, 0.3) is 10.9 Å². The van der Waals surface area contributed by atoms with Crippen LogP contribution in [0.4, 0.5) is 0 Å². The van der Waals surface area contributed by atoms with Crippen molar-refractivity contribution in [1.82, 2.24) is 9.88 Å². The van der Waals surface area contributed by atoms with Crippen LogP contribution in [0, 0.1) is 6.92 Å². The summed E-state index contributed by atoms with van der Waals surface area (Å²) in [6.07, 6.45) is 2.35. The van der Waals surface area contributed by atoms with E-state index in [9.17, 15) is 4.79 Å². The van der Waals surface area contributed by atoms with Gasteiger partial charge in [0.05, 0.1) is 20.3 Å². The molecule has 1 aliphatic heterocycles. The van der Waals surface area contributed by atoms with E-state index >= 15 is 0 Å². The molecule has 2 aromatic rings. The van der Waals surface area contributed by atoms with E-state index in [2.05, 4.69) is 18.0 Å². The summed E-state index contributed by atoms with van der Waals surface area (Å²) in [6, 6.07) is 6.07. The minimum Gasteiger partial charge on any atom is -0.497 e. The lowest BCUT2D eigenvalue weighted by atomic mass is 10.0. The standard InChI is InChI=1S/C18H24N2O3/c1-13-15(16-12-14(22-2)6-7-17(16)19-13)4-3-5-18(21)20-8-10-23-11-9-20/h6-7,12,19H,3-5,8-11H2,1-2H3. The van der Waals surface area contributed by atoms with Gasteiger partial charge >= 0.3 is 0 Å². The second-order valence-electron chi connectivity index (χ2n) is 5.99. The van der Waals surface area contributed by atoms with Gasteiger partial charge < -0.3 is 19.4 Å². The van der Waals surface area contributed by atoms with Crippen LogP contribution in [0.1, 0.15) is 24.1 Å². The van der Waals surface area contributed by atoms with Crippen LogP contribution in [-0.2, 0) is 16.0 Å². The van der Waals surface area contributed by atoms with E-state index in [1.165, 1.54) is 16.6 Å². The molecule has 1 fully saturated rings. The molecule has 1 aliphatic rings. The Morgan fingerprint density at radius 3 is 2.87 bits per heavy atom. The predicted octanol–water partition coefficient (Wildman–Crippen LogP) is 2.67. The first kappa shape index (κ1) is 15.9. The highest BCUT2D eigenvalue weighted by atomic mass is 16.5. The van der Waals surface area contributed by atoms with Crippen LogP contribution in [0.5, 0.6) is 5.75 Å². The molecular weight excluding hydrogens is 292 g/mol. The fourth-order valence-electron chi connectivity index (χ4n) is 3.20. The van der Waals surface area contributed by atoms with Crippen molar-refractivity contribution in [2.45, 2.75) is 26.2 Å². The first-order chi connectivity index (χ1) is 11.2. The van der Waals surface area contributed by atoms with Gasteiger partial charge in [-0.3, -0.25) is 4.79 Å². The van der Waals surface area contributed by atoms with E-state index in [-0.39, 0.29) is 5.91 Å². The zero-order valence-corrected chi connectivity index (χ0v) is 13.9. The Labute approximate surface area is 136 Å². The Hall–Kier alpha value is -2.01. The number of amides is 1. The maximum Gasteiger partial charge on any atom is 0.222 e. The molecule has 1 amide bonds. The minimum atomic E-state index is 0.239. The molecule has 1 aromatic heterocycles. The van der Waals surface area contributed by atoms with E-state index in [1.54, 1.807) is 7.11 Å². The topological polar surface area (TPSA) is 54.6 Å². The van der Waals surface area contributed by atoms with Gasteiger partial charge in [0.25, 0.3) is 0 Å². The van der Waals surface area contributed by atoms with Crippen LogP contribution in [-0.4, -0.2) is 49.2 Å². The van der Waals surface area contributed by atoms with E-state index in [0.717, 1.165) is 37.2 Å². The highest BCUT2D eigenvalue weighted by Crippen LogP contribution is 2.27. The van der Waals surface area contributed by atoms with Crippen LogP contribution in [0.15, 0.2) is 18.2 Å². The number of H-pyrrole nitrogens is 1. The number of aryl methyl sites for hydroxylation is 2. The van der Waals surface area contributed by atoms with Crippen LogP contribution < -0.4 is 4.74 Å². The summed E-state index contributed by atoms with van der Waals surface area (Å²) in [5.74, 6) is 1.10. The molecule has 0 aliphatic carbocycles. The highest BCUT2D eigenvalue weighted by Gasteiger charge is 2.17. The second-order valence-corrected chi connectivity index (χ2v) is 5.99. The van der Waals surface area contributed by atoms with Crippen molar-refractivity contribution in [2.24, 2.45) is 0 Å². The zero-order valence-electron chi connectivity index (χ0n) is 13.9. The number of aromatic nitrogens is 1. The number of carbonyl (C=O) groups is 1. The second kappa shape index (κ2) is 7.04. The Kier molecular flexibility index (Phi) is 4.86. The van der Waals surface area contributed by atoms with Crippen molar-refractivity contribution in [3.63, 3.8) is 0 Å². The highest BCUT2D eigenvalue weighted by molar-refractivity contribution is 5.86. The summed E-state index contributed by atoms with van der Waals surface area (Å²) in [7, 11) is 1.68. The van der Waals surface area contributed by atoms with E-state index in [0.29, 0.717) is 19.6 Å². The molecule has 1 saturated heterocycles. The van der Waals surface area contributed by atoms with Gasteiger partial charge in [-0.15, -0.1) is 0 Å². The number of hydrogen-bond acceptors (Lipinski definition) is 3. The van der Waals surface area contributed by atoms with Gasteiger partial charge in [0, 0.05) is 36.1 Å². The monoisotopic (exact) mass is 316 g/mol. The van der Waals surface area contributed by atoms with Crippen molar-refractivity contribution in [1.29, 1.82) is 0 Å². The Morgan fingerprint density at radius 2 is 2.13 bits per heavy atom. The summed E-state index contributed by atoms with van der Waals surface area (Å²) in [6.45, 7) is 4.86. The lowest BCUT2D eigenvalue weighted by Crippen LogP contribution is -2.40. The van der Waals surface area contributed by atoms with Crippen molar-refractivity contribution < 1.29 is 14.3 Å². The molecule has 23 heavy (non-hydrogen) atoms. The average molecular weight is 316 g/mol. The lowest BCUT2D eigenvalue weighted by Gasteiger charge is -2.26. The Morgan fingerprint density at radius 1 is 1.35 bits per heavy atom. The van der Waals surface area contributed by atoms with Crippen LogP contribution >= 0.6 is 0 Å². The third-order valence-electron chi connectivity index (χ3n) is 4.51. The van der Waals surface area contributed by atoms with E-state index < -0.39 is 0 Å². The third-order valence-corrected chi connectivity index (χ3v) is 4.51. The minimum absolute atomic E-state index is 0.239. The van der Waals surface area contributed by atoms with Gasteiger partial charge in [-0.1, -0.05) is 0 Å². The summed E-state index contributed by atoms with van der Waals surface area (Å²) in [5, 5.41) is 1.20. The zero-order chi connectivity index (χ0) is 16.2. The number of carbonyl (C=O) groups excluding carboxylic acids is 1. The van der Waals surface area contributed by atoms with Crippen molar-refractivity contribution >= 4 is 16.8 Å². The molecule has 124 valence electrons. The maximum atomic E-state index is 12.2. The molecule has 5 heteroatoms. The van der Waals surface area contributed by atoms with E-state index in [4.69, 9.17) is 9.47 Å². The number of ether oxygens (including phenoxy) is 2. The molecule has 0 spiro atoms. The van der Waals surface area contributed by atoms with Crippen LogP contribution in [0.3, 0.4) is 0 Å². The number of hydrogen-bond donors (Lipinski definition) is 1. The van der Waals surface area contributed by atoms with Gasteiger partial charge in [0.2, 0.25) is 5.91 Å². The summed E-state index contributed by atoms with van der Waals surface area (Å²) >= 11 is 0. The molecule has 0 radical (unpaired) electrons. The Balaban J connectivity index is 1.64. The number of nitrogens with zero attached hydrogens (tertiary/aromatic N) is 1. The smallest absolute Gasteiger partial charge is 0.222 e. The number of nitrogens with one attached hydrogen (secondary N) is 1. The maximum absolute atomic E-state index is 12.2. The number of fused-ring (bicyclic) bond motifs is 1. The molecule has 0 bridgehead atoms. The van der Waals surface area contributed by atoms with Gasteiger partial charge in [0.15, 0.2) is 0 Å². The van der Waals surface area contributed by atoms with Gasteiger partial charge in [-0.05, 0) is 43.5 Å². The first-order valence-electron chi connectivity index (χ1n) is 8.20. The number of rotatable bonds is 5. The largest absolute Gasteiger partial charge is 0.497 e. The molecule has 1 N–H and O–H groups in total. The third kappa shape index (κ3) is 3.50. The number of morpholine rings is 1. The molecule has 3 rings (SSSR count).